The third kappa shape index (κ3) is 3.52. The number of carbonyl (C=O) groups is 1. The average molecular weight is 376 g/mol. The van der Waals surface area contributed by atoms with Crippen molar-refractivity contribution in [3.63, 3.8) is 0 Å². The van der Waals surface area contributed by atoms with Crippen LogP contribution < -0.4 is 5.32 Å². The van der Waals surface area contributed by atoms with E-state index in [4.69, 9.17) is 8.94 Å². The molecule has 136 valence electrons. The van der Waals surface area contributed by atoms with Crippen LogP contribution in [0.5, 0.6) is 0 Å². The molecule has 3 aromatic heterocycles. The quantitative estimate of drug-likeness (QED) is 0.710. The van der Waals surface area contributed by atoms with E-state index in [1.807, 2.05) is 6.92 Å². The fraction of sp³-hybridized carbons (Fsp3) is 0.412. The maximum Gasteiger partial charge on any atom is 0.290 e. The zero-order valence-corrected chi connectivity index (χ0v) is 14.9. The molecule has 1 aliphatic carbocycles. The summed E-state index contributed by atoms with van der Waals surface area (Å²) in [4.78, 5) is 12.9. The fourth-order valence-corrected chi connectivity index (χ4v) is 3.67. The van der Waals surface area contributed by atoms with Crippen LogP contribution in [-0.4, -0.2) is 27.3 Å². The lowest BCUT2D eigenvalue weighted by Gasteiger charge is -2.34. The van der Waals surface area contributed by atoms with Crippen LogP contribution in [-0.2, 0) is 12.8 Å². The largest absolute Gasteiger partial charge is 0.425 e. The van der Waals surface area contributed by atoms with E-state index in [-0.39, 0.29) is 22.8 Å². The van der Waals surface area contributed by atoms with Crippen LogP contribution >= 0.6 is 11.3 Å². The Kier molecular flexibility index (Phi) is 4.54. The Hall–Kier alpha value is -2.55. The topological polar surface area (TPSA) is 94.1 Å². The van der Waals surface area contributed by atoms with Crippen LogP contribution in [0.1, 0.15) is 42.1 Å². The molecule has 0 unspecified atom stereocenters. The zero-order chi connectivity index (χ0) is 18.1. The number of nitrogens with zero attached hydrogens (tertiary/aromatic N) is 3. The number of carbonyl (C=O) groups excluding carboxylic acids is 1. The average Bonchev–Trinajstić information content (AvgIpc) is 3.32. The predicted molar refractivity (Wildman–Crippen MR) is 91.1 cm³/mol. The molecule has 1 amide bonds. The van der Waals surface area contributed by atoms with Gasteiger partial charge in [0.15, 0.2) is 5.13 Å². The SMILES string of the molecule is CCc1nnc(CC2CC(NC(=O)c3cc(-c4ccc(F)s4)no3)C2)o1. The number of rotatable bonds is 6. The molecule has 26 heavy (non-hydrogen) atoms. The third-order valence-electron chi connectivity index (χ3n) is 4.40. The number of aromatic nitrogens is 3. The number of aryl methyl sites for hydroxylation is 1. The Morgan fingerprint density at radius 1 is 1.35 bits per heavy atom. The highest BCUT2D eigenvalue weighted by molar-refractivity contribution is 7.13. The van der Waals surface area contributed by atoms with E-state index in [1.54, 1.807) is 6.07 Å². The first-order valence-corrected chi connectivity index (χ1v) is 9.27. The molecule has 0 spiro atoms. The minimum atomic E-state index is -0.310. The summed E-state index contributed by atoms with van der Waals surface area (Å²) in [5.41, 5.74) is 0.457. The first-order chi connectivity index (χ1) is 12.6. The van der Waals surface area contributed by atoms with Gasteiger partial charge in [-0.1, -0.05) is 12.1 Å². The maximum absolute atomic E-state index is 13.1. The Labute approximate surface area is 152 Å². The smallest absolute Gasteiger partial charge is 0.290 e. The monoisotopic (exact) mass is 376 g/mol. The van der Waals surface area contributed by atoms with Gasteiger partial charge in [0.1, 0.15) is 5.69 Å². The van der Waals surface area contributed by atoms with Crippen LogP contribution in [0.2, 0.25) is 0 Å². The minimum absolute atomic E-state index is 0.0915. The standard InChI is InChI=1S/C17H17FN4O3S/c1-2-15-20-21-16(24-15)7-9-5-10(6-9)19-17(23)12-8-11(22-25-12)13-3-4-14(18)26-13/h3-4,8-10H,2,5-7H2,1H3,(H,19,23). The highest BCUT2D eigenvalue weighted by Crippen LogP contribution is 2.31. The van der Waals surface area contributed by atoms with Crippen molar-refractivity contribution >= 4 is 17.2 Å². The zero-order valence-electron chi connectivity index (χ0n) is 14.1. The summed E-state index contributed by atoms with van der Waals surface area (Å²) in [6, 6.07) is 4.59. The van der Waals surface area contributed by atoms with Gasteiger partial charge < -0.3 is 14.3 Å². The second-order valence-electron chi connectivity index (χ2n) is 6.34. The van der Waals surface area contributed by atoms with E-state index in [1.165, 1.54) is 12.1 Å². The molecule has 9 heteroatoms. The van der Waals surface area contributed by atoms with Crippen molar-refractivity contribution in [3.8, 4) is 10.6 Å². The Balaban J connectivity index is 1.28. The molecule has 0 bridgehead atoms. The van der Waals surface area contributed by atoms with Gasteiger partial charge in [-0.15, -0.1) is 21.5 Å². The number of nitrogens with one attached hydrogen (secondary N) is 1. The lowest BCUT2D eigenvalue weighted by molar-refractivity contribution is 0.0850. The summed E-state index contributed by atoms with van der Waals surface area (Å²) in [5, 5.41) is 14.4. The van der Waals surface area contributed by atoms with Crippen molar-refractivity contribution in [2.24, 2.45) is 5.92 Å². The van der Waals surface area contributed by atoms with Crippen molar-refractivity contribution in [2.45, 2.75) is 38.6 Å². The lowest BCUT2D eigenvalue weighted by atomic mass is 9.78. The molecule has 0 aromatic carbocycles. The van der Waals surface area contributed by atoms with Gasteiger partial charge in [-0.25, -0.2) is 0 Å². The van der Waals surface area contributed by atoms with Gasteiger partial charge in [0.2, 0.25) is 17.5 Å². The van der Waals surface area contributed by atoms with Crippen molar-refractivity contribution in [2.75, 3.05) is 0 Å². The van der Waals surface area contributed by atoms with Gasteiger partial charge in [-0.2, -0.15) is 4.39 Å². The molecule has 1 saturated carbocycles. The molecule has 3 heterocycles. The molecule has 0 atom stereocenters. The lowest BCUT2D eigenvalue weighted by Crippen LogP contribution is -2.44. The summed E-state index contributed by atoms with van der Waals surface area (Å²) in [6.45, 7) is 1.97. The molecule has 1 aliphatic rings. The van der Waals surface area contributed by atoms with E-state index >= 15 is 0 Å². The maximum atomic E-state index is 13.1. The molecule has 4 rings (SSSR count). The van der Waals surface area contributed by atoms with Gasteiger partial charge in [-0.3, -0.25) is 4.79 Å². The van der Waals surface area contributed by atoms with Crippen LogP contribution in [0.15, 0.2) is 27.1 Å². The summed E-state index contributed by atoms with van der Waals surface area (Å²) in [7, 11) is 0. The van der Waals surface area contributed by atoms with E-state index in [9.17, 15) is 9.18 Å². The number of halogens is 1. The number of hydrogen-bond donors (Lipinski definition) is 1. The fourth-order valence-electron chi connectivity index (χ4n) is 2.99. The number of amides is 1. The Morgan fingerprint density at radius 2 is 2.15 bits per heavy atom. The van der Waals surface area contributed by atoms with Crippen LogP contribution in [0.25, 0.3) is 10.6 Å². The number of hydrogen-bond acceptors (Lipinski definition) is 7. The summed E-state index contributed by atoms with van der Waals surface area (Å²) in [6.07, 6.45) is 3.17. The van der Waals surface area contributed by atoms with Gasteiger partial charge in [0.05, 0.1) is 4.88 Å². The Morgan fingerprint density at radius 3 is 2.85 bits per heavy atom. The highest BCUT2D eigenvalue weighted by atomic mass is 32.1. The van der Waals surface area contributed by atoms with Gasteiger partial charge in [0.25, 0.3) is 5.91 Å². The van der Waals surface area contributed by atoms with Crippen LogP contribution in [0.4, 0.5) is 4.39 Å². The molecule has 3 aromatic rings. The van der Waals surface area contributed by atoms with Gasteiger partial charge >= 0.3 is 0 Å². The molecule has 1 N–H and O–H groups in total. The second-order valence-corrected chi connectivity index (χ2v) is 7.37. The van der Waals surface area contributed by atoms with Crippen LogP contribution in [0.3, 0.4) is 0 Å². The Bertz CT molecular complexity index is 913. The molecule has 0 radical (unpaired) electrons. The molecular formula is C17H17FN4O3S. The van der Waals surface area contributed by atoms with E-state index < -0.39 is 0 Å². The molecule has 7 nitrogen and oxygen atoms in total. The van der Waals surface area contributed by atoms with Crippen molar-refractivity contribution in [1.82, 2.24) is 20.7 Å². The minimum Gasteiger partial charge on any atom is -0.425 e. The molecular weight excluding hydrogens is 359 g/mol. The highest BCUT2D eigenvalue weighted by Gasteiger charge is 2.32. The van der Waals surface area contributed by atoms with Crippen molar-refractivity contribution < 1.29 is 18.1 Å². The van der Waals surface area contributed by atoms with E-state index in [0.717, 1.165) is 37.0 Å². The summed E-state index contributed by atoms with van der Waals surface area (Å²) in [5.74, 6) is 1.54. The molecule has 1 fully saturated rings. The third-order valence-corrected chi connectivity index (χ3v) is 5.30. The van der Waals surface area contributed by atoms with Gasteiger partial charge in [-0.05, 0) is 30.9 Å². The normalized spacial score (nSPS) is 19.3. The summed E-state index contributed by atoms with van der Waals surface area (Å²) < 4.78 is 23.7. The second kappa shape index (κ2) is 6.99. The molecule has 0 saturated heterocycles. The van der Waals surface area contributed by atoms with Crippen LogP contribution in [0, 0.1) is 11.0 Å². The van der Waals surface area contributed by atoms with E-state index in [2.05, 4.69) is 20.7 Å². The van der Waals surface area contributed by atoms with Crippen molar-refractivity contribution in [3.05, 3.63) is 40.9 Å². The first kappa shape index (κ1) is 16.9. The van der Waals surface area contributed by atoms with E-state index in [0.29, 0.717) is 28.3 Å². The predicted octanol–water partition coefficient (Wildman–Crippen LogP) is 3.24. The van der Waals surface area contributed by atoms with Crippen molar-refractivity contribution in [1.29, 1.82) is 0 Å². The van der Waals surface area contributed by atoms with Gasteiger partial charge in [0, 0.05) is 24.9 Å². The first-order valence-electron chi connectivity index (χ1n) is 8.45. The molecule has 0 aliphatic heterocycles. The summed E-state index contributed by atoms with van der Waals surface area (Å²) >= 11 is 0.959. The number of thiophene rings is 1.